The molecule has 0 aromatic heterocycles. The summed E-state index contributed by atoms with van der Waals surface area (Å²) in [4.78, 5) is 2.65. The topological polar surface area (TPSA) is 0 Å². The van der Waals surface area contributed by atoms with Crippen LogP contribution in [0.3, 0.4) is 0 Å². The molecule has 0 fully saturated rings. The molecule has 0 bridgehead atoms. The lowest BCUT2D eigenvalue weighted by Crippen LogP contribution is -1.95. The van der Waals surface area contributed by atoms with E-state index in [0.29, 0.717) is 0 Å². The molecular formula is C46H28S. The maximum absolute atomic E-state index is 2.36. The third kappa shape index (κ3) is 4.10. The van der Waals surface area contributed by atoms with E-state index in [0.717, 1.165) is 0 Å². The van der Waals surface area contributed by atoms with Gasteiger partial charge in [-0.3, -0.25) is 0 Å². The van der Waals surface area contributed by atoms with E-state index in [1.807, 2.05) is 11.8 Å². The lowest BCUT2D eigenvalue weighted by molar-refractivity contribution is 1.40. The van der Waals surface area contributed by atoms with Crippen LogP contribution >= 0.6 is 11.8 Å². The fourth-order valence-corrected chi connectivity index (χ4v) is 8.86. The first-order valence-electron chi connectivity index (χ1n) is 16.2. The second-order valence-electron chi connectivity index (χ2n) is 12.4. The second-order valence-corrected chi connectivity index (χ2v) is 13.5. The van der Waals surface area contributed by atoms with Crippen molar-refractivity contribution in [2.45, 2.75) is 9.79 Å². The van der Waals surface area contributed by atoms with E-state index in [1.165, 1.54) is 97.4 Å². The molecule has 10 rings (SSSR count). The minimum absolute atomic E-state index is 1.23. The van der Waals surface area contributed by atoms with Crippen molar-refractivity contribution in [3.63, 3.8) is 0 Å². The number of hydrogen-bond donors (Lipinski definition) is 0. The lowest BCUT2D eigenvalue weighted by atomic mass is 9.84. The van der Waals surface area contributed by atoms with Crippen LogP contribution < -0.4 is 0 Å². The fourth-order valence-electron chi connectivity index (χ4n) is 7.73. The Balaban J connectivity index is 1.20. The Morgan fingerprint density at radius 3 is 1.64 bits per heavy atom. The zero-order chi connectivity index (χ0) is 30.9. The van der Waals surface area contributed by atoms with E-state index >= 15 is 0 Å². The zero-order valence-electron chi connectivity index (χ0n) is 25.6. The van der Waals surface area contributed by atoms with Crippen molar-refractivity contribution < 1.29 is 0 Å². The zero-order valence-corrected chi connectivity index (χ0v) is 26.4. The van der Waals surface area contributed by atoms with Crippen LogP contribution in [0.25, 0.3) is 87.6 Å². The minimum atomic E-state index is 1.23. The van der Waals surface area contributed by atoms with Crippen molar-refractivity contribution in [1.82, 2.24) is 0 Å². The molecule has 1 aliphatic heterocycles. The van der Waals surface area contributed by atoms with Crippen LogP contribution in [-0.2, 0) is 0 Å². The molecule has 0 amide bonds. The Morgan fingerprint density at radius 2 is 0.872 bits per heavy atom. The van der Waals surface area contributed by atoms with Crippen LogP contribution in [0.2, 0.25) is 0 Å². The molecule has 218 valence electrons. The molecule has 1 heterocycles. The monoisotopic (exact) mass is 612 g/mol. The Hall–Kier alpha value is -5.63. The van der Waals surface area contributed by atoms with Gasteiger partial charge < -0.3 is 0 Å². The van der Waals surface area contributed by atoms with Gasteiger partial charge >= 0.3 is 0 Å². The van der Waals surface area contributed by atoms with E-state index in [9.17, 15) is 0 Å². The molecule has 0 saturated heterocycles. The number of hydrogen-bond acceptors (Lipinski definition) is 1. The van der Waals surface area contributed by atoms with Crippen molar-refractivity contribution in [1.29, 1.82) is 0 Å². The summed E-state index contributed by atoms with van der Waals surface area (Å²) < 4.78 is 0. The predicted molar refractivity (Wildman–Crippen MR) is 202 cm³/mol. The van der Waals surface area contributed by atoms with Gasteiger partial charge in [0.25, 0.3) is 0 Å². The van der Waals surface area contributed by atoms with Gasteiger partial charge in [0, 0.05) is 15.2 Å². The van der Waals surface area contributed by atoms with Crippen LogP contribution in [0.15, 0.2) is 180 Å². The molecule has 0 radical (unpaired) electrons. The first-order chi connectivity index (χ1) is 23.3. The van der Waals surface area contributed by atoms with E-state index in [2.05, 4.69) is 170 Å². The van der Waals surface area contributed by atoms with Gasteiger partial charge in [-0.25, -0.2) is 0 Å². The molecule has 0 spiro atoms. The molecule has 0 saturated carbocycles. The largest absolute Gasteiger partial charge is 0.0888 e. The van der Waals surface area contributed by atoms with Gasteiger partial charge in [-0.1, -0.05) is 163 Å². The van der Waals surface area contributed by atoms with Gasteiger partial charge in [-0.2, -0.15) is 0 Å². The van der Waals surface area contributed by atoms with Crippen LogP contribution in [0.4, 0.5) is 0 Å². The summed E-state index contributed by atoms with van der Waals surface area (Å²) in [5.41, 5.74) is 10.2. The molecule has 1 aliphatic rings. The summed E-state index contributed by atoms with van der Waals surface area (Å²) >= 11 is 1.89. The van der Waals surface area contributed by atoms with Gasteiger partial charge in [0.1, 0.15) is 0 Å². The highest BCUT2D eigenvalue weighted by atomic mass is 32.2. The molecule has 1 heteroatoms. The highest BCUT2D eigenvalue weighted by molar-refractivity contribution is 7.99. The van der Waals surface area contributed by atoms with Crippen LogP contribution in [0.5, 0.6) is 0 Å². The van der Waals surface area contributed by atoms with Crippen molar-refractivity contribution in [3.05, 3.63) is 170 Å². The van der Waals surface area contributed by atoms with Crippen LogP contribution in [0.1, 0.15) is 0 Å². The third-order valence-electron chi connectivity index (χ3n) is 9.86. The third-order valence-corrected chi connectivity index (χ3v) is 11.0. The van der Waals surface area contributed by atoms with Gasteiger partial charge in [-0.15, -0.1) is 0 Å². The molecule has 0 N–H and O–H groups in total. The molecule has 47 heavy (non-hydrogen) atoms. The molecule has 9 aromatic rings. The van der Waals surface area contributed by atoms with Gasteiger partial charge in [0.2, 0.25) is 0 Å². The van der Waals surface area contributed by atoms with Crippen molar-refractivity contribution in [2.75, 3.05) is 0 Å². The van der Waals surface area contributed by atoms with Gasteiger partial charge in [0.15, 0.2) is 0 Å². The minimum Gasteiger partial charge on any atom is -0.0888 e. The average molecular weight is 613 g/mol. The first kappa shape index (κ1) is 26.6. The average Bonchev–Trinajstić information content (AvgIpc) is 3.14. The highest BCUT2D eigenvalue weighted by Gasteiger charge is 2.23. The SMILES string of the molecule is c1ccc2c(c1)Sc1ccc(-c3c4ccccc4c(-c4ccc(-c5ccc6ccccc6c5)cc4)c4ccccc34)c3cccc-2c13. The summed E-state index contributed by atoms with van der Waals surface area (Å²) in [5, 5.41) is 10.3. The summed E-state index contributed by atoms with van der Waals surface area (Å²) in [7, 11) is 0. The Morgan fingerprint density at radius 1 is 0.298 bits per heavy atom. The highest BCUT2D eigenvalue weighted by Crippen LogP contribution is 2.51. The standard InChI is InChI=1S/C46H28S/c1-2-11-32-28-33(25-22-29(32)10-1)30-20-23-31(24-21-30)44-36-13-3-5-15-38(36)45(39-16-6-4-14-37(39)44)41-26-27-43-46-35(17-9-18-40(41)46)34-12-7-8-19-42(34)47-43/h1-28H. The molecular weight excluding hydrogens is 585 g/mol. The fraction of sp³-hybridized carbons (Fsp3) is 0. The summed E-state index contributed by atoms with van der Waals surface area (Å²) in [6.07, 6.45) is 0. The Kier molecular flexibility index (Phi) is 5.91. The first-order valence-corrected chi connectivity index (χ1v) is 17.0. The normalized spacial score (nSPS) is 12.2. The van der Waals surface area contributed by atoms with E-state index in [4.69, 9.17) is 0 Å². The molecule has 0 nitrogen and oxygen atoms in total. The maximum atomic E-state index is 2.36. The molecule has 0 unspecified atom stereocenters. The molecule has 9 aromatic carbocycles. The van der Waals surface area contributed by atoms with E-state index < -0.39 is 0 Å². The Labute approximate surface area is 278 Å². The van der Waals surface area contributed by atoms with Crippen molar-refractivity contribution in [2.24, 2.45) is 0 Å². The number of fused-ring (bicyclic) bond motifs is 5. The summed E-state index contributed by atoms with van der Waals surface area (Å²) in [6.45, 7) is 0. The van der Waals surface area contributed by atoms with E-state index in [-0.39, 0.29) is 0 Å². The Bertz CT molecular complexity index is 2640. The van der Waals surface area contributed by atoms with Crippen molar-refractivity contribution >= 4 is 54.9 Å². The quantitative estimate of drug-likeness (QED) is 0.179. The maximum Gasteiger partial charge on any atom is 0.0207 e. The predicted octanol–water partition coefficient (Wildman–Crippen LogP) is 13.4. The summed E-state index contributed by atoms with van der Waals surface area (Å²) in [6, 6.07) is 62.7. The van der Waals surface area contributed by atoms with Gasteiger partial charge in [0.05, 0.1) is 0 Å². The van der Waals surface area contributed by atoms with Crippen LogP contribution in [0, 0.1) is 0 Å². The van der Waals surface area contributed by atoms with E-state index in [1.54, 1.807) is 0 Å². The van der Waals surface area contributed by atoms with Gasteiger partial charge in [-0.05, 0) is 100 Å². The van der Waals surface area contributed by atoms with Crippen molar-refractivity contribution in [3.8, 4) is 44.5 Å². The summed E-state index contributed by atoms with van der Waals surface area (Å²) in [5.74, 6) is 0. The smallest absolute Gasteiger partial charge is 0.0207 e. The lowest BCUT2D eigenvalue weighted by Gasteiger charge is -2.23. The van der Waals surface area contributed by atoms with Crippen LogP contribution in [-0.4, -0.2) is 0 Å². The number of benzene rings is 9. The molecule has 0 atom stereocenters. The molecule has 0 aliphatic carbocycles. The second kappa shape index (κ2) is 10.5. The number of rotatable bonds is 3.